The summed E-state index contributed by atoms with van der Waals surface area (Å²) in [7, 11) is 0. The van der Waals surface area contributed by atoms with Gasteiger partial charge in [-0.25, -0.2) is 9.97 Å². The minimum atomic E-state index is 0.317. The van der Waals surface area contributed by atoms with E-state index in [0.717, 1.165) is 29.4 Å². The number of benzene rings is 1. The second-order valence-corrected chi connectivity index (χ2v) is 4.61. The summed E-state index contributed by atoms with van der Waals surface area (Å²) in [4.78, 5) is 8.75. The first kappa shape index (κ1) is 14.8. The molecule has 0 fully saturated rings. The average Bonchev–Trinajstić information content (AvgIpc) is 2.47. The van der Waals surface area contributed by atoms with E-state index >= 15 is 0 Å². The summed E-state index contributed by atoms with van der Waals surface area (Å²) in [6, 6.07) is 11.5. The van der Waals surface area contributed by atoms with Crippen molar-refractivity contribution in [2.24, 2.45) is 0 Å². The minimum absolute atomic E-state index is 0.317. The average molecular weight is 282 g/mol. The Balaban J connectivity index is 2.00. The quantitative estimate of drug-likeness (QED) is 0.882. The summed E-state index contributed by atoms with van der Waals surface area (Å²) < 4.78 is 5.68. The predicted octanol–water partition coefficient (Wildman–Crippen LogP) is 2.86. The number of ether oxygens (including phenoxy) is 1. The maximum absolute atomic E-state index is 8.63. The molecule has 0 radical (unpaired) electrons. The molecule has 0 bridgehead atoms. The van der Waals surface area contributed by atoms with E-state index in [0.29, 0.717) is 18.9 Å². The second kappa shape index (κ2) is 7.25. The third-order valence-electron chi connectivity index (χ3n) is 2.83. The van der Waals surface area contributed by atoms with Gasteiger partial charge in [-0.15, -0.1) is 0 Å². The molecular weight excluding hydrogens is 264 g/mol. The first-order valence-electron chi connectivity index (χ1n) is 6.88. The van der Waals surface area contributed by atoms with Gasteiger partial charge in [0.2, 0.25) is 0 Å². The van der Waals surface area contributed by atoms with Gasteiger partial charge in [-0.1, -0.05) is 12.1 Å². The van der Waals surface area contributed by atoms with Gasteiger partial charge in [0.1, 0.15) is 18.2 Å². The second-order valence-electron chi connectivity index (χ2n) is 4.61. The van der Waals surface area contributed by atoms with Gasteiger partial charge in [-0.05, 0) is 31.5 Å². The van der Waals surface area contributed by atoms with Gasteiger partial charge in [-0.3, -0.25) is 0 Å². The highest BCUT2D eigenvalue weighted by Gasteiger charge is 2.03. The van der Waals surface area contributed by atoms with E-state index in [-0.39, 0.29) is 0 Å². The van der Waals surface area contributed by atoms with Crippen LogP contribution in [0.5, 0.6) is 5.75 Å². The number of rotatable bonds is 6. The number of aryl methyl sites for hydroxylation is 1. The van der Waals surface area contributed by atoms with E-state index in [9.17, 15) is 0 Å². The topological polar surface area (TPSA) is 70.8 Å². The number of aromatic nitrogens is 2. The Morgan fingerprint density at radius 3 is 2.67 bits per heavy atom. The first-order valence-corrected chi connectivity index (χ1v) is 6.88. The Kier molecular flexibility index (Phi) is 5.10. The van der Waals surface area contributed by atoms with Crippen LogP contribution in [0.1, 0.15) is 24.0 Å². The zero-order valence-electron chi connectivity index (χ0n) is 12.3. The van der Waals surface area contributed by atoms with Crippen molar-refractivity contribution in [2.45, 2.75) is 26.9 Å². The Labute approximate surface area is 124 Å². The highest BCUT2D eigenvalue weighted by molar-refractivity contribution is 5.35. The molecule has 0 saturated heterocycles. The number of nitriles is 1. The van der Waals surface area contributed by atoms with Gasteiger partial charge < -0.3 is 10.1 Å². The molecule has 0 aliphatic rings. The molecule has 21 heavy (non-hydrogen) atoms. The SMILES string of the molecule is CCNc1cc(C)nc(COc2ccc(CC#N)cc2)n1. The van der Waals surface area contributed by atoms with Gasteiger partial charge in [0.15, 0.2) is 5.82 Å². The number of nitrogens with zero attached hydrogens (tertiary/aromatic N) is 3. The van der Waals surface area contributed by atoms with Crippen molar-refractivity contribution >= 4 is 5.82 Å². The summed E-state index contributed by atoms with van der Waals surface area (Å²) in [6.07, 6.45) is 0.410. The Bertz CT molecular complexity index is 632. The number of hydrogen-bond acceptors (Lipinski definition) is 5. The van der Waals surface area contributed by atoms with Crippen LogP contribution in [0.3, 0.4) is 0 Å². The Hall–Kier alpha value is -2.61. The Morgan fingerprint density at radius 1 is 1.24 bits per heavy atom. The van der Waals surface area contributed by atoms with Crippen molar-refractivity contribution < 1.29 is 4.74 Å². The summed E-state index contributed by atoms with van der Waals surface area (Å²) in [6.45, 7) is 5.09. The van der Waals surface area contributed by atoms with Gasteiger partial charge >= 0.3 is 0 Å². The molecule has 108 valence electrons. The minimum Gasteiger partial charge on any atom is -0.486 e. The van der Waals surface area contributed by atoms with Crippen molar-refractivity contribution in [3.05, 3.63) is 47.4 Å². The molecular formula is C16H18N4O. The number of anilines is 1. The fraction of sp³-hybridized carbons (Fsp3) is 0.312. The van der Waals surface area contributed by atoms with Crippen LogP contribution in [-0.2, 0) is 13.0 Å². The van der Waals surface area contributed by atoms with E-state index in [4.69, 9.17) is 10.00 Å². The molecule has 1 heterocycles. The fourth-order valence-electron chi connectivity index (χ4n) is 1.91. The van der Waals surface area contributed by atoms with Crippen LogP contribution in [0.2, 0.25) is 0 Å². The number of hydrogen-bond donors (Lipinski definition) is 1. The summed E-state index contributed by atoms with van der Waals surface area (Å²) in [5, 5.41) is 11.8. The normalized spacial score (nSPS) is 9.95. The highest BCUT2D eigenvalue weighted by Crippen LogP contribution is 2.14. The van der Waals surface area contributed by atoms with Gasteiger partial charge in [0.25, 0.3) is 0 Å². The van der Waals surface area contributed by atoms with Crippen LogP contribution in [0.15, 0.2) is 30.3 Å². The maximum Gasteiger partial charge on any atom is 0.168 e. The zero-order valence-corrected chi connectivity index (χ0v) is 12.3. The summed E-state index contributed by atoms with van der Waals surface area (Å²) >= 11 is 0. The molecule has 0 saturated carbocycles. The lowest BCUT2D eigenvalue weighted by atomic mass is 10.2. The van der Waals surface area contributed by atoms with Crippen LogP contribution in [0, 0.1) is 18.3 Å². The molecule has 1 N–H and O–H groups in total. The largest absolute Gasteiger partial charge is 0.486 e. The molecule has 0 unspecified atom stereocenters. The molecule has 0 atom stereocenters. The van der Waals surface area contributed by atoms with Crippen LogP contribution >= 0.6 is 0 Å². The van der Waals surface area contributed by atoms with E-state index in [1.54, 1.807) is 0 Å². The standard InChI is InChI=1S/C16H18N4O/c1-3-18-15-10-12(2)19-16(20-15)11-21-14-6-4-13(5-7-14)8-9-17/h4-7,10H,3,8,11H2,1-2H3,(H,18,19,20). The van der Waals surface area contributed by atoms with E-state index < -0.39 is 0 Å². The van der Waals surface area contributed by atoms with Crippen molar-refractivity contribution in [3.8, 4) is 11.8 Å². The summed E-state index contributed by atoms with van der Waals surface area (Å²) in [5.74, 6) is 2.20. The lowest BCUT2D eigenvalue weighted by Crippen LogP contribution is -2.07. The van der Waals surface area contributed by atoms with Crippen LogP contribution in [0.4, 0.5) is 5.82 Å². The lowest BCUT2D eigenvalue weighted by Gasteiger charge is -2.09. The molecule has 5 nitrogen and oxygen atoms in total. The molecule has 0 spiro atoms. The van der Waals surface area contributed by atoms with E-state index in [2.05, 4.69) is 21.4 Å². The van der Waals surface area contributed by atoms with Crippen molar-refractivity contribution in [1.29, 1.82) is 5.26 Å². The van der Waals surface area contributed by atoms with Crippen molar-refractivity contribution in [3.63, 3.8) is 0 Å². The third-order valence-corrected chi connectivity index (χ3v) is 2.83. The zero-order chi connectivity index (χ0) is 15.1. The molecule has 0 aliphatic carbocycles. The van der Waals surface area contributed by atoms with E-state index in [1.807, 2.05) is 44.2 Å². The molecule has 2 rings (SSSR count). The van der Waals surface area contributed by atoms with Gasteiger partial charge in [0.05, 0.1) is 12.5 Å². The molecule has 1 aromatic heterocycles. The van der Waals surface area contributed by atoms with Crippen LogP contribution in [0.25, 0.3) is 0 Å². The highest BCUT2D eigenvalue weighted by atomic mass is 16.5. The summed E-state index contributed by atoms with van der Waals surface area (Å²) in [5.41, 5.74) is 1.88. The first-order chi connectivity index (χ1) is 10.2. The smallest absolute Gasteiger partial charge is 0.168 e. The molecule has 0 aliphatic heterocycles. The lowest BCUT2D eigenvalue weighted by molar-refractivity contribution is 0.295. The fourth-order valence-corrected chi connectivity index (χ4v) is 1.91. The van der Waals surface area contributed by atoms with Crippen LogP contribution < -0.4 is 10.1 Å². The molecule has 2 aromatic rings. The third kappa shape index (κ3) is 4.46. The van der Waals surface area contributed by atoms with Crippen molar-refractivity contribution in [2.75, 3.05) is 11.9 Å². The number of nitrogens with one attached hydrogen (secondary N) is 1. The molecule has 0 amide bonds. The Morgan fingerprint density at radius 2 is 2.00 bits per heavy atom. The predicted molar refractivity (Wildman–Crippen MR) is 81.0 cm³/mol. The van der Waals surface area contributed by atoms with Crippen molar-refractivity contribution in [1.82, 2.24) is 9.97 Å². The van der Waals surface area contributed by atoms with E-state index in [1.165, 1.54) is 0 Å². The molecule has 1 aromatic carbocycles. The maximum atomic E-state index is 8.63. The van der Waals surface area contributed by atoms with Gasteiger partial charge in [0, 0.05) is 18.3 Å². The van der Waals surface area contributed by atoms with Crippen LogP contribution in [-0.4, -0.2) is 16.5 Å². The molecule has 5 heteroatoms. The van der Waals surface area contributed by atoms with Gasteiger partial charge in [-0.2, -0.15) is 5.26 Å². The monoisotopic (exact) mass is 282 g/mol.